The summed E-state index contributed by atoms with van der Waals surface area (Å²) in [4.78, 5) is 23.9. The van der Waals surface area contributed by atoms with Gasteiger partial charge in [-0.3, -0.25) is 14.9 Å². The molecule has 1 saturated heterocycles. The second-order valence-electron chi connectivity index (χ2n) is 5.46. The second-order valence-corrected chi connectivity index (χ2v) is 5.87. The Bertz CT molecular complexity index is 594. The first-order chi connectivity index (χ1) is 9.40. The highest BCUT2D eigenvalue weighted by molar-refractivity contribution is 6.34. The van der Waals surface area contributed by atoms with Gasteiger partial charge in [-0.1, -0.05) is 11.6 Å². The van der Waals surface area contributed by atoms with Gasteiger partial charge in [0.25, 0.3) is 11.6 Å². The summed E-state index contributed by atoms with van der Waals surface area (Å²) in [7, 11) is 0. The first kappa shape index (κ1) is 13.3. The molecule has 1 aromatic carbocycles. The highest BCUT2D eigenvalue weighted by atomic mass is 35.5. The Morgan fingerprint density at radius 1 is 1.45 bits per heavy atom. The summed E-state index contributed by atoms with van der Waals surface area (Å²) >= 11 is 5.93. The number of hydrogen-bond acceptors (Lipinski definition) is 4. The molecule has 6 nitrogen and oxygen atoms in total. The van der Waals surface area contributed by atoms with Gasteiger partial charge >= 0.3 is 0 Å². The summed E-state index contributed by atoms with van der Waals surface area (Å²) in [5, 5.41) is 21.1. The van der Waals surface area contributed by atoms with Crippen molar-refractivity contribution in [2.45, 2.75) is 18.4 Å². The number of halogens is 1. The summed E-state index contributed by atoms with van der Waals surface area (Å²) in [6.07, 6.45) is 1.99. The molecule has 1 aromatic rings. The van der Waals surface area contributed by atoms with Gasteiger partial charge in [-0.2, -0.15) is 0 Å². The van der Waals surface area contributed by atoms with Crippen LogP contribution >= 0.6 is 11.6 Å². The molecule has 7 heteroatoms. The lowest BCUT2D eigenvalue weighted by Gasteiger charge is -2.47. The van der Waals surface area contributed by atoms with Crippen molar-refractivity contribution in [2.24, 2.45) is 5.92 Å². The lowest BCUT2D eigenvalue weighted by molar-refractivity contribution is -0.384. The molecule has 0 bridgehead atoms. The van der Waals surface area contributed by atoms with Crippen LogP contribution in [0.3, 0.4) is 0 Å². The Kier molecular flexibility index (Phi) is 2.95. The molecule has 1 aliphatic heterocycles. The van der Waals surface area contributed by atoms with Crippen molar-refractivity contribution in [3.63, 3.8) is 0 Å². The van der Waals surface area contributed by atoms with Gasteiger partial charge in [0.1, 0.15) is 5.60 Å². The molecule has 20 heavy (non-hydrogen) atoms. The van der Waals surface area contributed by atoms with Gasteiger partial charge in [0.05, 0.1) is 28.6 Å². The Morgan fingerprint density at radius 3 is 2.65 bits per heavy atom. The van der Waals surface area contributed by atoms with E-state index in [9.17, 15) is 20.0 Å². The van der Waals surface area contributed by atoms with Gasteiger partial charge in [-0.15, -0.1) is 0 Å². The predicted molar refractivity (Wildman–Crippen MR) is 71.7 cm³/mol. The molecule has 2 aliphatic rings. The van der Waals surface area contributed by atoms with Crippen molar-refractivity contribution in [3.05, 3.63) is 38.9 Å². The number of carbonyl (C=O) groups is 1. The maximum absolute atomic E-state index is 12.3. The fourth-order valence-electron chi connectivity index (χ4n) is 2.60. The number of β-amino-alcohol motifs (C(OH)–C–C–N with tert-alkyl or cyclic N) is 1. The number of amides is 1. The van der Waals surface area contributed by atoms with Gasteiger partial charge in [-0.25, -0.2) is 0 Å². The minimum absolute atomic E-state index is 0.110. The van der Waals surface area contributed by atoms with Crippen LogP contribution < -0.4 is 0 Å². The van der Waals surface area contributed by atoms with Crippen LogP contribution in [0.1, 0.15) is 23.2 Å². The van der Waals surface area contributed by atoms with Gasteiger partial charge in [0.15, 0.2) is 0 Å². The van der Waals surface area contributed by atoms with E-state index >= 15 is 0 Å². The summed E-state index contributed by atoms with van der Waals surface area (Å²) in [5.74, 6) is -0.0869. The fourth-order valence-corrected chi connectivity index (χ4v) is 2.80. The molecular formula is C13H13ClN2O4. The number of nitro groups is 1. The normalized spacial score (nSPS) is 20.4. The third kappa shape index (κ3) is 2.14. The molecule has 2 fully saturated rings. The average Bonchev–Trinajstić information content (AvgIpc) is 3.19. The van der Waals surface area contributed by atoms with E-state index in [-0.39, 0.29) is 41.2 Å². The van der Waals surface area contributed by atoms with Crippen LogP contribution in [0.2, 0.25) is 5.02 Å². The Hall–Kier alpha value is -1.66. The minimum Gasteiger partial charge on any atom is -0.386 e. The molecule has 3 rings (SSSR count). The fraction of sp³-hybridized carbons (Fsp3) is 0.462. The number of nitro benzene ring substituents is 1. The maximum Gasteiger partial charge on any atom is 0.270 e. The first-order valence-electron chi connectivity index (χ1n) is 6.36. The van der Waals surface area contributed by atoms with Crippen LogP contribution in [0.5, 0.6) is 0 Å². The smallest absolute Gasteiger partial charge is 0.270 e. The lowest BCUT2D eigenvalue weighted by atomic mass is 9.88. The van der Waals surface area contributed by atoms with Crippen molar-refractivity contribution < 1.29 is 14.8 Å². The van der Waals surface area contributed by atoms with E-state index in [1.54, 1.807) is 0 Å². The van der Waals surface area contributed by atoms with E-state index < -0.39 is 10.5 Å². The van der Waals surface area contributed by atoms with Crippen LogP contribution in [-0.2, 0) is 0 Å². The molecule has 0 spiro atoms. The molecule has 0 aromatic heterocycles. The molecule has 0 radical (unpaired) electrons. The standard InChI is InChI=1S/C13H13ClN2O4/c14-11-4-3-9(16(19)20)5-10(11)12(17)15-6-13(18,7-15)8-1-2-8/h3-5,8,18H,1-2,6-7H2. The molecule has 106 valence electrons. The Balaban J connectivity index is 1.78. The number of nitrogens with zero attached hydrogens (tertiary/aromatic N) is 2. The predicted octanol–water partition coefficient (Wildman–Crippen LogP) is 1.85. The van der Waals surface area contributed by atoms with Crippen LogP contribution in [0.4, 0.5) is 5.69 Å². The molecule has 1 saturated carbocycles. The van der Waals surface area contributed by atoms with Gasteiger partial charge < -0.3 is 10.0 Å². The number of likely N-dealkylation sites (tertiary alicyclic amines) is 1. The van der Waals surface area contributed by atoms with E-state index in [0.29, 0.717) is 0 Å². The van der Waals surface area contributed by atoms with Crippen molar-refractivity contribution >= 4 is 23.2 Å². The van der Waals surface area contributed by atoms with Crippen LogP contribution in [-0.4, -0.2) is 39.5 Å². The second kappa shape index (κ2) is 4.43. The minimum atomic E-state index is -0.775. The number of non-ortho nitro benzene ring substituents is 1. The first-order valence-corrected chi connectivity index (χ1v) is 6.74. The van der Waals surface area contributed by atoms with Crippen molar-refractivity contribution in [1.82, 2.24) is 4.90 Å². The molecule has 1 amide bonds. The Labute approximate surface area is 120 Å². The summed E-state index contributed by atoms with van der Waals surface area (Å²) in [5.41, 5.74) is -0.836. The molecule has 1 N–H and O–H groups in total. The third-order valence-corrected chi connectivity index (χ3v) is 4.27. The molecule has 0 atom stereocenters. The highest BCUT2D eigenvalue weighted by Gasteiger charge is 2.53. The van der Waals surface area contributed by atoms with E-state index in [1.165, 1.54) is 23.1 Å². The van der Waals surface area contributed by atoms with Crippen molar-refractivity contribution in [3.8, 4) is 0 Å². The zero-order valence-corrected chi connectivity index (χ0v) is 11.3. The summed E-state index contributed by atoms with van der Waals surface area (Å²) < 4.78 is 0. The van der Waals surface area contributed by atoms with Gasteiger partial charge in [-0.05, 0) is 24.8 Å². The largest absolute Gasteiger partial charge is 0.386 e. The number of carbonyl (C=O) groups excluding carboxylic acids is 1. The van der Waals surface area contributed by atoms with E-state index in [0.717, 1.165) is 12.8 Å². The average molecular weight is 297 g/mol. The van der Waals surface area contributed by atoms with Crippen molar-refractivity contribution in [1.29, 1.82) is 0 Å². The number of aliphatic hydroxyl groups is 1. The van der Waals surface area contributed by atoms with Crippen LogP contribution in [0.15, 0.2) is 18.2 Å². The summed E-state index contributed by atoms with van der Waals surface area (Å²) in [6, 6.07) is 3.79. The number of benzene rings is 1. The number of hydrogen-bond donors (Lipinski definition) is 1. The van der Waals surface area contributed by atoms with E-state index in [2.05, 4.69) is 0 Å². The summed E-state index contributed by atoms with van der Waals surface area (Å²) in [6.45, 7) is 0.547. The van der Waals surface area contributed by atoms with Crippen LogP contribution in [0.25, 0.3) is 0 Å². The van der Waals surface area contributed by atoms with Crippen molar-refractivity contribution in [2.75, 3.05) is 13.1 Å². The molecule has 1 aliphatic carbocycles. The SMILES string of the molecule is O=C(c1cc([N+](=O)[O-])ccc1Cl)N1CC(O)(C2CC2)C1. The van der Waals surface area contributed by atoms with E-state index in [4.69, 9.17) is 11.6 Å². The van der Waals surface area contributed by atoms with E-state index in [1.807, 2.05) is 0 Å². The topological polar surface area (TPSA) is 83.7 Å². The van der Waals surface area contributed by atoms with Gasteiger partial charge in [0.2, 0.25) is 0 Å². The van der Waals surface area contributed by atoms with Gasteiger partial charge in [0, 0.05) is 12.1 Å². The highest BCUT2D eigenvalue weighted by Crippen LogP contribution is 2.45. The zero-order valence-electron chi connectivity index (χ0n) is 10.6. The molecule has 0 unspecified atom stereocenters. The monoisotopic (exact) mass is 296 g/mol. The Morgan fingerprint density at radius 2 is 2.10 bits per heavy atom. The van der Waals surface area contributed by atoms with Crippen LogP contribution in [0, 0.1) is 16.0 Å². The third-order valence-electron chi connectivity index (χ3n) is 3.94. The molecule has 1 heterocycles. The zero-order chi connectivity index (χ0) is 14.5. The molecular weight excluding hydrogens is 284 g/mol. The maximum atomic E-state index is 12.3. The lowest BCUT2D eigenvalue weighted by Crippen LogP contribution is -2.64. The number of rotatable bonds is 3. The quantitative estimate of drug-likeness (QED) is 0.681.